The van der Waals surface area contributed by atoms with Crippen LogP contribution in [0.5, 0.6) is 5.75 Å². The molecule has 1 heteroatoms. The molecule has 3 aliphatic rings. The van der Waals surface area contributed by atoms with Crippen LogP contribution in [0, 0.1) is 29.6 Å². The van der Waals surface area contributed by atoms with Crippen molar-refractivity contribution in [3.63, 3.8) is 0 Å². The minimum atomic E-state index is 0.869. The van der Waals surface area contributed by atoms with Crippen molar-refractivity contribution in [3.05, 3.63) is 42.0 Å². The van der Waals surface area contributed by atoms with Gasteiger partial charge in [0.25, 0.3) is 0 Å². The van der Waals surface area contributed by atoms with Crippen molar-refractivity contribution in [3.8, 4) is 5.75 Å². The van der Waals surface area contributed by atoms with Crippen molar-refractivity contribution in [1.29, 1.82) is 0 Å². The van der Waals surface area contributed by atoms with Gasteiger partial charge in [-0.1, -0.05) is 38.3 Å². The van der Waals surface area contributed by atoms with E-state index in [9.17, 15) is 0 Å². The third-order valence-electron chi connectivity index (χ3n) is 8.67. The smallest absolute Gasteiger partial charge is 0.119 e. The molecule has 2 fully saturated rings. The molecular weight excluding hydrogens is 364 g/mol. The van der Waals surface area contributed by atoms with Crippen LogP contribution in [-0.2, 0) is 12.8 Å². The van der Waals surface area contributed by atoms with Gasteiger partial charge in [-0.2, -0.15) is 0 Å². The number of aryl methyl sites for hydroxylation is 1. The molecule has 3 unspecified atom stereocenters. The Kier molecular flexibility index (Phi) is 7.96. The second-order valence-electron chi connectivity index (χ2n) is 10.6. The van der Waals surface area contributed by atoms with Crippen LogP contribution in [0.15, 0.2) is 30.9 Å². The van der Waals surface area contributed by atoms with Crippen LogP contribution in [0.3, 0.4) is 0 Å². The molecule has 1 aromatic rings. The summed E-state index contributed by atoms with van der Waals surface area (Å²) in [5.74, 6) is 6.05. The van der Waals surface area contributed by atoms with Crippen LogP contribution in [-0.4, -0.2) is 6.61 Å². The first-order valence-corrected chi connectivity index (χ1v) is 13.1. The van der Waals surface area contributed by atoms with Crippen LogP contribution < -0.4 is 4.74 Å². The summed E-state index contributed by atoms with van der Waals surface area (Å²) in [4.78, 5) is 0. The van der Waals surface area contributed by atoms with Crippen molar-refractivity contribution in [2.24, 2.45) is 29.6 Å². The molecule has 0 saturated heterocycles. The van der Waals surface area contributed by atoms with Gasteiger partial charge < -0.3 is 4.74 Å². The second kappa shape index (κ2) is 10.9. The highest BCUT2D eigenvalue weighted by Crippen LogP contribution is 2.49. The third-order valence-corrected chi connectivity index (χ3v) is 8.67. The molecule has 0 aliphatic heterocycles. The summed E-state index contributed by atoms with van der Waals surface area (Å²) in [5, 5.41) is 0. The minimum Gasteiger partial charge on any atom is -0.494 e. The Morgan fingerprint density at radius 3 is 2.57 bits per heavy atom. The van der Waals surface area contributed by atoms with Crippen molar-refractivity contribution in [1.82, 2.24) is 0 Å². The van der Waals surface area contributed by atoms with Gasteiger partial charge >= 0.3 is 0 Å². The van der Waals surface area contributed by atoms with Gasteiger partial charge in [0.15, 0.2) is 0 Å². The molecule has 1 aromatic carbocycles. The topological polar surface area (TPSA) is 9.23 Å². The van der Waals surface area contributed by atoms with E-state index in [4.69, 9.17) is 4.74 Å². The highest BCUT2D eigenvalue weighted by Gasteiger charge is 2.38. The van der Waals surface area contributed by atoms with Crippen LogP contribution in [0.25, 0.3) is 0 Å². The zero-order valence-corrected chi connectivity index (χ0v) is 19.4. The summed E-state index contributed by atoms with van der Waals surface area (Å²) in [6.07, 6.45) is 21.4. The maximum Gasteiger partial charge on any atom is 0.119 e. The molecule has 1 nitrogen and oxygen atoms in total. The van der Waals surface area contributed by atoms with Crippen LogP contribution >= 0.6 is 0 Å². The lowest BCUT2D eigenvalue weighted by molar-refractivity contribution is 0.0699. The van der Waals surface area contributed by atoms with E-state index >= 15 is 0 Å². The summed E-state index contributed by atoms with van der Waals surface area (Å²) in [6.45, 7) is 7.04. The van der Waals surface area contributed by atoms with E-state index in [0.29, 0.717) is 0 Å². The van der Waals surface area contributed by atoms with Crippen molar-refractivity contribution >= 4 is 0 Å². The Morgan fingerprint density at radius 2 is 1.73 bits per heavy atom. The average Bonchev–Trinajstić information content (AvgIpc) is 2.79. The second-order valence-corrected chi connectivity index (χ2v) is 10.6. The molecule has 0 spiro atoms. The molecular formula is C29H44O. The number of hydrogen-bond donors (Lipinski definition) is 0. The maximum atomic E-state index is 6.00. The molecule has 2 saturated carbocycles. The molecule has 166 valence electrons. The molecule has 0 heterocycles. The number of allylic oxidation sites excluding steroid dienone is 1. The van der Waals surface area contributed by atoms with E-state index in [1.165, 1.54) is 89.9 Å². The quantitative estimate of drug-likeness (QED) is 0.296. The summed E-state index contributed by atoms with van der Waals surface area (Å²) < 4.78 is 6.00. The summed E-state index contributed by atoms with van der Waals surface area (Å²) in [7, 11) is 0. The van der Waals surface area contributed by atoms with Gasteiger partial charge in [0, 0.05) is 0 Å². The van der Waals surface area contributed by atoms with Gasteiger partial charge in [-0.3, -0.25) is 0 Å². The molecule has 0 bridgehead atoms. The van der Waals surface area contributed by atoms with Gasteiger partial charge in [-0.25, -0.2) is 0 Å². The zero-order chi connectivity index (χ0) is 20.8. The summed E-state index contributed by atoms with van der Waals surface area (Å²) >= 11 is 0. The number of fused-ring (bicyclic) bond motifs is 2. The molecule has 3 aliphatic carbocycles. The van der Waals surface area contributed by atoms with E-state index in [0.717, 1.165) is 41.9 Å². The molecule has 0 N–H and O–H groups in total. The van der Waals surface area contributed by atoms with E-state index in [1.807, 2.05) is 0 Å². The lowest BCUT2D eigenvalue weighted by Gasteiger charge is -2.45. The number of rotatable bonds is 9. The van der Waals surface area contributed by atoms with E-state index in [2.05, 4.69) is 37.8 Å². The molecule has 0 amide bonds. The summed E-state index contributed by atoms with van der Waals surface area (Å²) in [6, 6.07) is 6.96. The standard InChI is InChI=1S/C29H44O/c1-3-5-7-17-30-29-16-15-27-20-26(13-14-28(27)21-29)25-12-11-23-18-22(8-6-4-2)9-10-24(23)19-25/h4,15-16,21-26H,2-3,5-14,17-20H2,1H3/t22-,23?,24-,25?,26?/m1/s1. The Labute approximate surface area is 185 Å². The van der Waals surface area contributed by atoms with E-state index < -0.39 is 0 Å². The van der Waals surface area contributed by atoms with Gasteiger partial charge in [0.2, 0.25) is 0 Å². The van der Waals surface area contributed by atoms with Crippen molar-refractivity contribution in [2.45, 2.75) is 96.8 Å². The molecule has 30 heavy (non-hydrogen) atoms. The fraction of sp³-hybridized carbons (Fsp3) is 0.724. The molecule has 5 atom stereocenters. The first kappa shape index (κ1) is 22.0. The number of hydrogen-bond acceptors (Lipinski definition) is 1. The SMILES string of the molecule is C=CCC[C@@H]1CC[C@@H]2CC(C3CCc4cc(OCCCCC)ccc4C3)CCC2C1. The molecule has 0 aromatic heterocycles. The largest absolute Gasteiger partial charge is 0.494 e. The average molecular weight is 409 g/mol. The van der Waals surface area contributed by atoms with Crippen LogP contribution in [0.1, 0.15) is 95.1 Å². The summed E-state index contributed by atoms with van der Waals surface area (Å²) in [5.41, 5.74) is 3.18. The van der Waals surface area contributed by atoms with Crippen LogP contribution in [0.2, 0.25) is 0 Å². The van der Waals surface area contributed by atoms with Crippen LogP contribution in [0.4, 0.5) is 0 Å². The number of benzene rings is 1. The predicted octanol–water partition coefficient (Wildman–Crippen LogP) is 8.16. The van der Waals surface area contributed by atoms with Gasteiger partial charge in [-0.15, -0.1) is 6.58 Å². The Bertz CT molecular complexity index is 677. The number of ether oxygens (including phenoxy) is 1. The molecule has 4 rings (SSSR count). The highest BCUT2D eigenvalue weighted by molar-refractivity contribution is 5.37. The normalized spacial score (nSPS) is 30.9. The van der Waals surface area contributed by atoms with Crippen molar-refractivity contribution < 1.29 is 4.74 Å². The van der Waals surface area contributed by atoms with Gasteiger partial charge in [0.1, 0.15) is 5.75 Å². The highest BCUT2D eigenvalue weighted by atomic mass is 16.5. The fourth-order valence-corrected chi connectivity index (χ4v) is 6.86. The first-order chi connectivity index (χ1) is 14.8. The Morgan fingerprint density at radius 1 is 0.933 bits per heavy atom. The maximum absolute atomic E-state index is 6.00. The first-order valence-electron chi connectivity index (χ1n) is 13.1. The predicted molar refractivity (Wildman–Crippen MR) is 128 cm³/mol. The zero-order valence-electron chi connectivity index (χ0n) is 19.4. The monoisotopic (exact) mass is 408 g/mol. The van der Waals surface area contributed by atoms with E-state index in [-0.39, 0.29) is 0 Å². The third kappa shape index (κ3) is 5.51. The minimum absolute atomic E-state index is 0.869. The van der Waals surface area contributed by atoms with Gasteiger partial charge in [-0.05, 0) is 123 Å². The van der Waals surface area contributed by atoms with Gasteiger partial charge in [0.05, 0.1) is 6.61 Å². The van der Waals surface area contributed by atoms with E-state index in [1.54, 1.807) is 11.1 Å². The lowest BCUT2D eigenvalue weighted by atomic mass is 9.61. The fourth-order valence-electron chi connectivity index (χ4n) is 6.86. The lowest BCUT2D eigenvalue weighted by Crippen LogP contribution is -2.35. The Balaban J connectivity index is 1.28. The number of unbranched alkanes of at least 4 members (excludes halogenated alkanes) is 2. The van der Waals surface area contributed by atoms with Crippen molar-refractivity contribution in [2.75, 3.05) is 6.61 Å². The molecule has 0 radical (unpaired) electrons. The Hall–Kier alpha value is -1.24.